The minimum Gasteiger partial charge on any atom is -0.454 e. The summed E-state index contributed by atoms with van der Waals surface area (Å²) in [6, 6.07) is 9.94. The third-order valence-electron chi connectivity index (χ3n) is 5.21. The summed E-state index contributed by atoms with van der Waals surface area (Å²) in [5, 5.41) is 15.4. The minimum absolute atomic E-state index is 0.132. The van der Waals surface area contributed by atoms with E-state index in [2.05, 4.69) is 16.7 Å². The van der Waals surface area contributed by atoms with Crippen molar-refractivity contribution in [2.45, 2.75) is 52.0 Å². The van der Waals surface area contributed by atoms with Gasteiger partial charge in [-0.1, -0.05) is 32.0 Å². The molecule has 0 fully saturated rings. The smallest absolute Gasteiger partial charge is 0.329 e. The largest absolute Gasteiger partial charge is 0.454 e. The first-order valence-corrected chi connectivity index (χ1v) is 11.6. The van der Waals surface area contributed by atoms with Crippen LogP contribution < -0.4 is 10.6 Å². The number of nitrogens with zero attached hydrogens (tertiary/aromatic N) is 1. The SMILES string of the molecule is CC(C)CC(NC(=O)c1ccccc1)C(=O)OCC(=O)Nc1sc2c(c1C#N)CCCC2. The van der Waals surface area contributed by atoms with Gasteiger partial charge >= 0.3 is 5.97 Å². The minimum atomic E-state index is -0.862. The van der Waals surface area contributed by atoms with Gasteiger partial charge in [0.25, 0.3) is 11.8 Å². The Morgan fingerprint density at radius 2 is 1.88 bits per heavy atom. The molecule has 0 spiro atoms. The van der Waals surface area contributed by atoms with E-state index in [9.17, 15) is 19.6 Å². The van der Waals surface area contributed by atoms with Crippen LogP contribution in [0, 0.1) is 17.2 Å². The van der Waals surface area contributed by atoms with E-state index in [4.69, 9.17) is 4.74 Å². The van der Waals surface area contributed by atoms with Crippen LogP contribution in [0.1, 0.15) is 59.5 Å². The third-order valence-corrected chi connectivity index (χ3v) is 6.42. The lowest BCUT2D eigenvalue weighted by Gasteiger charge is -2.19. The first-order valence-electron chi connectivity index (χ1n) is 10.8. The van der Waals surface area contributed by atoms with Crippen molar-refractivity contribution in [3.05, 3.63) is 51.9 Å². The monoisotopic (exact) mass is 453 g/mol. The molecular weight excluding hydrogens is 426 g/mol. The highest BCUT2D eigenvalue weighted by Gasteiger charge is 2.26. The van der Waals surface area contributed by atoms with Crippen molar-refractivity contribution in [1.29, 1.82) is 5.26 Å². The summed E-state index contributed by atoms with van der Waals surface area (Å²) >= 11 is 1.42. The summed E-state index contributed by atoms with van der Waals surface area (Å²) in [5.41, 5.74) is 1.98. The van der Waals surface area contributed by atoms with Crippen molar-refractivity contribution in [3.8, 4) is 6.07 Å². The molecule has 7 nitrogen and oxygen atoms in total. The molecule has 1 atom stereocenters. The topological polar surface area (TPSA) is 108 Å². The molecule has 1 unspecified atom stereocenters. The molecule has 1 aromatic heterocycles. The molecule has 0 saturated carbocycles. The van der Waals surface area contributed by atoms with Crippen LogP contribution in [0.25, 0.3) is 0 Å². The summed E-state index contributed by atoms with van der Waals surface area (Å²) in [7, 11) is 0. The summed E-state index contributed by atoms with van der Waals surface area (Å²) < 4.78 is 5.21. The molecule has 2 aromatic rings. The zero-order chi connectivity index (χ0) is 23.1. The fourth-order valence-electron chi connectivity index (χ4n) is 3.69. The van der Waals surface area contributed by atoms with E-state index in [1.54, 1.807) is 30.3 Å². The maximum absolute atomic E-state index is 12.6. The second-order valence-corrected chi connectivity index (χ2v) is 9.31. The number of carbonyl (C=O) groups is 3. The third kappa shape index (κ3) is 5.95. The molecule has 1 aliphatic carbocycles. The lowest BCUT2D eigenvalue weighted by Crippen LogP contribution is -2.43. The first kappa shape index (κ1) is 23.5. The number of nitrogens with one attached hydrogen (secondary N) is 2. The number of rotatable bonds is 8. The van der Waals surface area contributed by atoms with Crippen molar-refractivity contribution < 1.29 is 19.1 Å². The summed E-state index contributed by atoms with van der Waals surface area (Å²) in [6.45, 7) is 3.38. The molecule has 168 valence electrons. The highest BCUT2D eigenvalue weighted by atomic mass is 32.1. The van der Waals surface area contributed by atoms with Crippen molar-refractivity contribution >= 4 is 34.1 Å². The van der Waals surface area contributed by atoms with Gasteiger partial charge in [-0.2, -0.15) is 5.26 Å². The van der Waals surface area contributed by atoms with Crippen LogP contribution >= 0.6 is 11.3 Å². The zero-order valence-electron chi connectivity index (χ0n) is 18.3. The number of thiophene rings is 1. The quantitative estimate of drug-likeness (QED) is 0.591. The average molecular weight is 454 g/mol. The Labute approximate surface area is 191 Å². The normalized spacial score (nSPS) is 13.6. The number of amides is 2. The molecule has 0 bridgehead atoms. The number of benzene rings is 1. The van der Waals surface area contributed by atoms with Gasteiger partial charge in [-0.3, -0.25) is 9.59 Å². The number of fused-ring (bicyclic) bond motifs is 1. The molecular formula is C24H27N3O4S. The summed E-state index contributed by atoms with van der Waals surface area (Å²) in [4.78, 5) is 38.6. The van der Waals surface area contributed by atoms with Gasteiger partial charge in [-0.15, -0.1) is 11.3 Å². The lowest BCUT2D eigenvalue weighted by atomic mass is 9.96. The second kappa shape index (κ2) is 10.9. The molecule has 0 aliphatic heterocycles. The van der Waals surface area contributed by atoms with E-state index in [1.165, 1.54) is 11.3 Å². The van der Waals surface area contributed by atoms with Gasteiger partial charge in [0.2, 0.25) is 0 Å². The van der Waals surface area contributed by atoms with Crippen molar-refractivity contribution in [3.63, 3.8) is 0 Å². The first-order chi connectivity index (χ1) is 15.4. The van der Waals surface area contributed by atoms with E-state index in [0.29, 0.717) is 22.5 Å². The maximum atomic E-state index is 12.6. The van der Waals surface area contributed by atoms with Gasteiger partial charge in [-0.05, 0) is 55.7 Å². The molecule has 3 rings (SSSR count). The van der Waals surface area contributed by atoms with E-state index in [1.807, 2.05) is 13.8 Å². The van der Waals surface area contributed by atoms with E-state index in [0.717, 1.165) is 36.1 Å². The fraction of sp³-hybridized carbons (Fsp3) is 0.417. The number of nitriles is 1. The Hall–Kier alpha value is -3.18. The van der Waals surface area contributed by atoms with Gasteiger partial charge in [0.15, 0.2) is 6.61 Å². The van der Waals surface area contributed by atoms with E-state index >= 15 is 0 Å². The number of esters is 1. The van der Waals surface area contributed by atoms with Crippen LogP contribution in [0.5, 0.6) is 0 Å². The number of hydrogen-bond acceptors (Lipinski definition) is 6. The fourth-order valence-corrected chi connectivity index (χ4v) is 4.94. The van der Waals surface area contributed by atoms with Crippen LogP contribution in [-0.2, 0) is 27.2 Å². The number of hydrogen-bond donors (Lipinski definition) is 2. The molecule has 0 saturated heterocycles. The molecule has 8 heteroatoms. The van der Waals surface area contributed by atoms with Gasteiger partial charge in [0.05, 0.1) is 5.56 Å². The predicted octanol–water partition coefficient (Wildman–Crippen LogP) is 3.82. The number of ether oxygens (including phenoxy) is 1. The van der Waals surface area contributed by atoms with E-state index < -0.39 is 24.5 Å². The van der Waals surface area contributed by atoms with Crippen LogP contribution in [0.3, 0.4) is 0 Å². The molecule has 1 aliphatic rings. The maximum Gasteiger partial charge on any atom is 0.329 e. The van der Waals surface area contributed by atoms with E-state index in [-0.39, 0.29) is 11.8 Å². The lowest BCUT2D eigenvalue weighted by molar-refractivity contribution is -0.149. The standard InChI is InChI=1S/C24H27N3O4S/c1-15(2)12-19(26-22(29)16-8-4-3-5-9-16)24(30)31-14-21(28)27-23-18(13-25)17-10-6-7-11-20(17)32-23/h3-5,8-9,15,19H,6-7,10-12,14H2,1-2H3,(H,26,29)(H,27,28). The Bertz CT molecular complexity index is 1020. The molecule has 2 N–H and O–H groups in total. The highest BCUT2D eigenvalue weighted by molar-refractivity contribution is 7.16. The molecule has 0 radical (unpaired) electrons. The zero-order valence-corrected chi connectivity index (χ0v) is 19.1. The van der Waals surface area contributed by atoms with Gasteiger partial charge < -0.3 is 15.4 Å². The van der Waals surface area contributed by atoms with Crippen LogP contribution in [0.15, 0.2) is 30.3 Å². The van der Waals surface area contributed by atoms with Gasteiger partial charge in [-0.25, -0.2) is 4.79 Å². The molecule has 32 heavy (non-hydrogen) atoms. The highest BCUT2D eigenvalue weighted by Crippen LogP contribution is 2.37. The van der Waals surface area contributed by atoms with Crippen LogP contribution in [-0.4, -0.2) is 30.4 Å². The van der Waals surface area contributed by atoms with Crippen molar-refractivity contribution in [2.75, 3.05) is 11.9 Å². The molecule has 2 amide bonds. The Balaban J connectivity index is 1.59. The van der Waals surface area contributed by atoms with Gasteiger partial charge in [0, 0.05) is 10.4 Å². The van der Waals surface area contributed by atoms with Crippen molar-refractivity contribution in [1.82, 2.24) is 5.32 Å². The number of aryl methyl sites for hydroxylation is 1. The number of anilines is 1. The number of carbonyl (C=O) groups excluding carboxylic acids is 3. The Morgan fingerprint density at radius 1 is 1.16 bits per heavy atom. The Morgan fingerprint density at radius 3 is 2.56 bits per heavy atom. The summed E-state index contributed by atoms with van der Waals surface area (Å²) in [6.07, 6.45) is 4.26. The Kier molecular flexibility index (Phi) is 8.01. The summed E-state index contributed by atoms with van der Waals surface area (Å²) in [5.74, 6) is -1.41. The van der Waals surface area contributed by atoms with Crippen LogP contribution in [0.4, 0.5) is 5.00 Å². The molecule has 1 heterocycles. The van der Waals surface area contributed by atoms with Gasteiger partial charge in [0.1, 0.15) is 17.1 Å². The van der Waals surface area contributed by atoms with Crippen LogP contribution in [0.2, 0.25) is 0 Å². The molecule has 1 aromatic carbocycles. The van der Waals surface area contributed by atoms with Crippen molar-refractivity contribution in [2.24, 2.45) is 5.92 Å². The predicted molar refractivity (Wildman–Crippen MR) is 122 cm³/mol. The average Bonchev–Trinajstić information content (AvgIpc) is 3.14. The second-order valence-electron chi connectivity index (χ2n) is 8.20.